The van der Waals surface area contributed by atoms with Crippen LogP contribution < -0.4 is 0 Å². The molecule has 0 fully saturated rings. The van der Waals surface area contributed by atoms with E-state index in [4.69, 9.17) is 9.47 Å². The molecular weight excluding hydrogens is 296 g/mol. The molecule has 0 aliphatic heterocycles. The molecule has 2 unspecified atom stereocenters. The lowest BCUT2D eigenvalue weighted by Gasteiger charge is -2.33. The second-order valence-electron chi connectivity index (χ2n) is 5.61. The molecule has 0 radical (unpaired) electrons. The van der Waals surface area contributed by atoms with Gasteiger partial charge in [-0.05, 0) is 31.4 Å². The summed E-state index contributed by atoms with van der Waals surface area (Å²) in [4.78, 5) is 24.1. The smallest absolute Gasteiger partial charge is 0.433 e. The van der Waals surface area contributed by atoms with Gasteiger partial charge in [0.15, 0.2) is 5.78 Å². The van der Waals surface area contributed by atoms with Crippen molar-refractivity contribution in [1.82, 2.24) is 0 Å². The van der Waals surface area contributed by atoms with Crippen molar-refractivity contribution >= 4 is 11.9 Å². The normalized spacial score (nSPS) is 14.4. The van der Waals surface area contributed by atoms with E-state index in [9.17, 15) is 14.7 Å². The molecule has 126 valence electrons. The summed E-state index contributed by atoms with van der Waals surface area (Å²) in [5, 5.41) is 10.0. The van der Waals surface area contributed by atoms with E-state index in [1.54, 1.807) is 13.8 Å². The van der Waals surface area contributed by atoms with Crippen molar-refractivity contribution in [2.75, 3.05) is 6.61 Å². The third kappa shape index (κ3) is 4.93. The fourth-order valence-electron chi connectivity index (χ4n) is 2.30. The molecule has 1 aromatic rings. The van der Waals surface area contributed by atoms with Crippen LogP contribution in [-0.4, -0.2) is 29.8 Å². The van der Waals surface area contributed by atoms with Gasteiger partial charge in [0.05, 0.1) is 11.5 Å². The molecule has 0 amide bonds. The third-order valence-electron chi connectivity index (χ3n) is 3.92. The van der Waals surface area contributed by atoms with E-state index in [0.29, 0.717) is 12.0 Å². The lowest BCUT2D eigenvalue weighted by molar-refractivity contribution is -0.136. The van der Waals surface area contributed by atoms with Gasteiger partial charge >= 0.3 is 6.16 Å². The maximum atomic E-state index is 12.3. The zero-order valence-electron chi connectivity index (χ0n) is 13.9. The molecule has 0 aromatic heterocycles. The van der Waals surface area contributed by atoms with Crippen LogP contribution in [0.3, 0.4) is 0 Å². The van der Waals surface area contributed by atoms with Gasteiger partial charge in [-0.1, -0.05) is 43.8 Å². The predicted molar refractivity (Wildman–Crippen MR) is 86.8 cm³/mol. The monoisotopic (exact) mass is 320 g/mol. The van der Waals surface area contributed by atoms with Gasteiger partial charge in [-0.15, -0.1) is 0 Å². The molecular formula is C18H24O5. The maximum Gasteiger partial charge on any atom is 0.508 e. The van der Waals surface area contributed by atoms with Gasteiger partial charge in [0.1, 0.15) is 13.2 Å². The van der Waals surface area contributed by atoms with Crippen molar-refractivity contribution in [2.45, 2.75) is 39.9 Å². The van der Waals surface area contributed by atoms with E-state index >= 15 is 0 Å². The van der Waals surface area contributed by atoms with Crippen LogP contribution in [0.15, 0.2) is 42.5 Å². The van der Waals surface area contributed by atoms with Crippen molar-refractivity contribution in [1.29, 1.82) is 0 Å². The first-order chi connectivity index (χ1) is 10.8. The zero-order chi connectivity index (χ0) is 17.5. The fraction of sp³-hybridized carbons (Fsp3) is 0.444. The molecule has 0 aliphatic rings. The number of rotatable bonds is 8. The Balaban J connectivity index is 2.65. The van der Waals surface area contributed by atoms with Crippen LogP contribution >= 0.6 is 0 Å². The number of ether oxygens (including phenoxy) is 2. The molecule has 5 nitrogen and oxygen atoms in total. The quantitative estimate of drug-likeness (QED) is 0.588. The number of aliphatic hydroxyl groups is 1. The van der Waals surface area contributed by atoms with E-state index in [2.05, 4.69) is 6.58 Å². The van der Waals surface area contributed by atoms with E-state index < -0.39 is 17.7 Å². The van der Waals surface area contributed by atoms with Crippen LogP contribution in [0.4, 0.5) is 4.79 Å². The largest absolute Gasteiger partial charge is 0.508 e. The van der Waals surface area contributed by atoms with Crippen LogP contribution in [0.5, 0.6) is 0 Å². The molecule has 1 rings (SSSR count). The fourth-order valence-corrected chi connectivity index (χ4v) is 2.30. The van der Waals surface area contributed by atoms with Gasteiger partial charge in [0.25, 0.3) is 0 Å². The number of carbonyl (C=O) groups excluding carboxylic acids is 2. The first kappa shape index (κ1) is 18.9. The highest BCUT2D eigenvalue weighted by molar-refractivity contribution is 5.99. The molecule has 1 N–H and O–H groups in total. The summed E-state index contributed by atoms with van der Waals surface area (Å²) >= 11 is 0. The Morgan fingerprint density at radius 2 is 1.87 bits per heavy atom. The van der Waals surface area contributed by atoms with Crippen molar-refractivity contribution in [3.8, 4) is 0 Å². The van der Waals surface area contributed by atoms with Gasteiger partial charge in [0.2, 0.25) is 0 Å². The van der Waals surface area contributed by atoms with E-state index in [-0.39, 0.29) is 19.0 Å². The lowest BCUT2D eigenvalue weighted by Crippen LogP contribution is -2.45. The Labute approximate surface area is 136 Å². The molecule has 0 spiro atoms. The number of ketones is 1. The Morgan fingerprint density at radius 3 is 2.35 bits per heavy atom. The number of hydrogen-bond donors (Lipinski definition) is 1. The van der Waals surface area contributed by atoms with Crippen LogP contribution in [0.25, 0.3) is 0 Å². The van der Waals surface area contributed by atoms with Gasteiger partial charge < -0.3 is 14.6 Å². The van der Waals surface area contributed by atoms with E-state index in [1.165, 1.54) is 6.92 Å². The van der Waals surface area contributed by atoms with Gasteiger partial charge in [0, 0.05) is 0 Å². The SMILES string of the molecule is C=C(C)C(=O)C(CC)(COC(=O)OCc1ccccc1)C(C)O. The molecule has 5 heteroatoms. The lowest BCUT2D eigenvalue weighted by atomic mass is 9.75. The summed E-state index contributed by atoms with van der Waals surface area (Å²) < 4.78 is 10.1. The maximum absolute atomic E-state index is 12.3. The van der Waals surface area contributed by atoms with Crippen molar-refractivity contribution in [3.05, 3.63) is 48.0 Å². The first-order valence-electron chi connectivity index (χ1n) is 7.55. The van der Waals surface area contributed by atoms with Crippen molar-refractivity contribution in [3.63, 3.8) is 0 Å². The van der Waals surface area contributed by atoms with Crippen LogP contribution in [0, 0.1) is 5.41 Å². The minimum atomic E-state index is -1.20. The Morgan fingerprint density at radius 1 is 1.26 bits per heavy atom. The summed E-state index contributed by atoms with van der Waals surface area (Å²) in [7, 11) is 0. The Kier molecular flexibility index (Phi) is 6.97. The molecule has 23 heavy (non-hydrogen) atoms. The molecule has 0 saturated carbocycles. The van der Waals surface area contributed by atoms with Gasteiger partial charge in [-0.3, -0.25) is 4.79 Å². The molecule has 0 aliphatic carbocycles. The third-order valence-corrected chi connectivity index (χ3v) is 3.92. The summed E-state index contributed by atoms with van der Waals surface area (Å²) in [6.07, 6.45) is -1.53. The zero-order valence-corrected chi connectivity index (χ0v) is 13.9. The van der Waals surface area contributed by atoms with Gasteiger partial charge in [-0.25, -0.2) is 4.79 Å². The van der Waals surface area contributed by atoms with Crippen molar-refractivity contribution < 1.29 is 24.2 Å². The first-order valence-corrected chi connectivity index (χ1v) is 7.55. The minimum absolute atomic E-state index is 0.0852. The van der Waals surface area contributed by atoms with Crippen molar-refractivity contribution in [2.24, 2.45) is 5.41 Å². The van der Waals surface area contributed by atoms with Gasteiger partial charge in [-0.2, -0.15) is 0 Å². The molecule has 0 bridgehead atoms. The summed E-state index contributed by atoms with van der Waals surface area (Å²) in [5.41, 5.74) is -0.0498. The molecule has 0 heterocycles. The summed E-state index contributed by atoms with van der Waals surface area (Å²) in [5.74, 6) is -0.314. The highest BCUT2D eigenvalue weighted by Gasteiger charge is 2.43. The predicted octanol–water partition coefficient (Wildman–Crippen LogP) is 3.26. The topological polar surface area (TPSA) is 72.8 Å². The Hall–Kier alpha value is -2.14. The van der Waals surface area contributed by atoms with Crippen LogP contribution in [-0.2, 0) is 20.9 Å². The number of allylic oxidation sites excluding steroid dienone is 1. The second-order valence-corrected chi connectivity index (χ2v) is 5.61. The molecule has 2 atom stereocenters. The van der Waals surface area contributed by atoms with Crippen LogP contribution in [0.1, 0.15) is 32.8 Å². The standard InChI is InChI=1S/C18H24O5/c1-5-18(14(4)19,16(20)13(2)3)12-23-17(21)22-11-15-9-7-6-8-10-15/h6-10,14,19H,2,5,11-12H2,1,3-4H3. The summed E-state index contributed by atoms with van der Waals surface area (Å²) in [6.45, 7) is 8.29. The average Bonchev–Trinajstić information content (AvgIpc) is 2.54. The molecule has 1 aromatic carbocycles. The van der Waals surface area contributed by atoms with Crippen LogP contribution in [0.2, 0.25) is 0 Å². The number of aliphatic hydroxyl groups excluding tert-OH is 1. The second kappa shape index (κ2) is 8.48. The Bertz CT molecular complexity index is 550. The van der Waals surface area contributed by atoms with E-state index in [0.717, 1.165) is 5.56 Å². The van der Waals surface area contributed by atoms with E-state index in [1.807, 2.05) is 30.3 Å². The highest BCUT2D eigenvalue weighted by atomic mass is 16.7. The number of carbonyl (C=O) groups is 2. The number of Topliss-reactive ketones (excluding diaryl/α,β-unsaturated/α-hetero) is 1. The minimum Gasteiger partial charge on any atom is -0.433 e. The average molecular weight is 320 g/mol. The number of hydrogen-bond acceptors (Lipinski definition) is 5. The highest BCUT2D eigenvalue weighted by Crippen LogP contribution is 2.31. The molecule has 0 saturated heterocycles. The number of benzene rings is 1. The summed E-state index contributed by atoms with van der Waals surface area (Å²) in [6, 6.07) is 9.19.